The Hall–Kier alpha value is -1.03. The molecule has 1 saturated heterocycles. The summed E-state index contributed by atoms with van der Waals surface area (Å²) in [4.78, 5) is 2.34. The van der Waals surface area contributed by atoms with Crippen LogP contribution in [0.2, 0.25) is 0 Å². The summed E-state index contributed by atoms with van der Waals surface area (Å²) >= 11 is 0. The van der Waals surface area contributed by atoms with Gasteiger partial charge in [-0.25, -0.2) is 0 Å². The van der Waals surface area contributed by atoms with Crippen molar-refractivity contribution < 1.29 is 9.94 Å². The summed E-state index contributed by atoms with van der Waals surface area (Å²) in [5.74, 6) is 0. The smallest absolute Gasteiger partial charge is 0.102 e. The van der Waals surface area contributed by atoms with Crippen molar-refractivity contribution in [2.24, 2.45) is 5.16 Å². The molecule has 1 heterocycles. The summed E-state index contributed by atoms with van der Waals surface area (Å²) in [5, 5.41) is 13.2. The van der Waals surface area contributed by atoms with E-state index in [-0.39, 0.29) is 0 Å². The van der Waals surface area contributed by atoms with Crippen LogP contribution in [0.4, 0.5) is 0 Å². The van der Waals surface area contributed by atoms with Crippen molar-refractivity contribution in [1.29, 1.82) is 0 Å². The molecule has 0 amide bonds. The van der Waals surface area contributed by atoms with E-state index in [2.05, 4.69) is 16.1 Å². The maximum absolute atomic E-state index is 9.53. The fraction of sp³-hybridized carbons (Fsp3) is 0.842. The van der Waals surface area contributed by atoms with Crippen LogP contribution >= 0.6 is 0 Å². The number of nitrogens with zero attached hydrogens (tertiary/aromatic N) is 2. The average Bonchev–Trinajstić information content (AvgIpc) is 2.61. The van der Waals surface area contributed by atoms with Gasteiger partial charge in [0.25, 0.3) is 0 Å². The maximum Gasteiger partial charge on any atom is 0.102 e. The summed E-state index contributed by atoms with van der Waals surface area (Å²) in [7, 11) is 0. The van der Waals surface area contributed by atoms with Crippen molar-refractivity contribution in [3.63, 3.8) is 0 Å². The van der Waals surface area contributed by atoms with Crippen molar-refractivity contribution in [2.75, 3.05) is 26.3 Å². The molecule has 0 atom stereocenters. The molecule has 0 aromatic carbocycles. The first-order valence-electron chi connectivity index (χ1n) is 9.66. The predicted octanol–water partition coefficient (Wildman–Crippen LogP) is 4.73. The van der Waals surface area contributed by atoms with Crippen molar-refractivity contribution in [2.45, 2.75) is 77.0 Å². The number of ether oxygens (including phenoxy) is 1. The molecular weight excluding hydrogens is 288 g/mol. The Morgan fingerprint density at radius 1 is 0.826 bits per heavy atom. The van der Waals surface area contributed by atoms with Crippen LogP contribution in [0, 0.1) is 0 Å². The second-order valence-electron chi connectivity index (χ2n) is 6.81. The van der Waals surface area contributed by atoms with Crippen LogP contribution in [0.25, 0.3) is 0 Å². The number of hydrogen-bond donors (Lipinski definition) is 1. The van der Waals surface area contributed by atoms with Crippen LogP contribution in [-0.4, -0.2) is 42.1 Å². The zero-order chi connectivity index (χ0) is 16.2. The van der Waals surface area contributed by atoms with Gasteiger partial charge in [-0.1, -0.05) is 62.6 Å². The summed E-state index contributed by atoms with van der Waals surface area (Å²) in [5.41, 5.74) is 2.03. The third-order valence-electron chi connectivity index (χ3n) is 4.97. The Morgan fingerprint density at radius 2 is 1.39 bits per heavy atom. The summed E-state index contributed by atoms with van der Waals surface area (Å²) in [6.45, 7) is 3.36. The lowest BCUT2D eigenvalue weighted by atomic mass is 10.0. The van der Waals surface area contributed by atoms with Crippen LogP contribution in [0.1, 0.15) is 77.0 Å². The molecule has 0 bridgehead atoms. The summed E-state index contributed by atoms with van der Waals surface area (Å²) < 4.78 is 5.47. The number of oxime groups is 1. The molecule has 1 N–H and O–H groups in total. The van der Waals surface area contributed by atoms with E-state index in [1.54, 1.807) is 0 Å². The summed E-state index contributed by atoms with van der Waals surface area (Å²) in [6.07, 6.45) is 17.4. The van der Waals surface area contributed by atoms with Crippen LogP contribution in [0.5, 0.6) is 0 Å². The average molecular weight is 322 g/mol. The topological polar surface area (TPSA) is 45.1 Å². The van der Waals surface area contributed by atoms with Gasteiger partial charge in [-0.2, -0.15) is 0 Å². The van der Waals surface area contributed by atoms with Gasteiger partial charge in [0.15, 0.2) is 0 Å². The second-order valence-corrected chi connectivity index (χ2v) is 6.81. The zero-order valence-electron chi connectivity index (χ0n) is 14.6. The molecule has 0 unspecified atom stereocenters. The standard InChI is InChI=1S/C19H34N2O2/c22-20-18-12-10-8-6-4-2-1-3-5-7-9-11-13-19(18)21-14-16-23-17-15-21/h13,22H,1-12,14-17H2. The second kappa shape index (κ2) is 11.5. The fourth-order valence-corrected chi connectivity index (χ4v) is 3.55. The number of hydrogen-bond acceptors (Lipinski definition) is 4. The molecule has 132 valence electrons. The molecular formula is C19H34N2O2. The van der Waals surface area contributed by atoms with Gasteiger partial charge >= 0.3 is 0 Å². The van der Waals surface area contributed by atoms with Crippen molar-refractivity contribution in [1.82, 2.24) is 4.90 Å². The van der Waals surface area contributed by atoms with Crippen molar-refractivity contribution in [3.8, 4) is 0 Å². The van der Waals surface area contributed by atoms with E-state index in [0.29, 0.717) is 0 Å². The Labute approximate surface area is 141 Å². The Morgan fingerprint density at radius 3 is 2.00 bits per heavy atom. The molecule has 2 rings (SSSR count). The Kier molecular flexibility index (Phi) is 9.15. The molecule has 4 heteroatoms. The van der Waals surface area contributed by atoms with E-state index < -0.39 is 0 Å². The minimum atomic E-state index is 0.774. The molecule has 23 heavy (non-hydrogen) atoms. The van der Waals surface area contributed by atoms with Gasteiger partial charge in [-0.05, 0) is 25.7 Å². The highest BCUT2D eigenvalue weighted by atomic mass is 16.5. The SMILES string of the molecule is ON=C1CCCCCCCCCCCCC=C1N1CCOCC1. The van der Waals surface area contributed by atoms with Gasteiger partial charge in [0.2, 0.25) is 0 Å². The van der Waals surface area contributed by atoms with Gasteiger partial charge in [0, 0.05) is 13.1 Å². The van der Waals surface area contributed by atoms with E-state index in [1.165, 1.54) is 57.8 Å². The van der Waals surface area contributed by atoms with Crippen LogP contribution in [0.3, 0.4) is 0 Å². The molecule has 0 saturated carbocycles. The molecule has 0 spiro atoms. The molecule has 0 aromatic heterocycles. The van der Waals surface area contributed by atoms with E-state index >= 15 is 0 Å². The molecule has 0 aromatic rings. The lowest BCUT2D eigenvalue weighted by molar-refractivity contribution is 0.0560. The highest BCUT2D eigenvalue weighted by molar-refractivity contribution is 5.99. The largest absolute Gasteiger partial charge is 0.411 e. The lowest BCUT2D eigenvalue weighted by Gasteiger charge is -2.31. The molecule has 4 nitrogen and oxygen atoms in total. The van der Waals surface area contributed by atoms with E-state index in [9.17, 15) is 5.21 Å². The van der Waals surface area contributed by atoms with Crippen LogP contribution < -0.4 is 0 Å². The summed E-state index contributed by atoms with van der Waals surface area (Å²) in [6, 6.07) is 0. The minimum absolute atomic E-state index is 0.774. The van der Waals surface area contributed by atoms with Crippen molar-refractivity contribution in [3.05, 3.63) is 11.8 Å². The van der Waals surface area contributed by atoms with Gasteiger partial charge < -0.3 is 14.8 Å². The Bertz CT molecular complexity index is 374. The zero-order valence-corrected chi connectivity index (χ0v) is 14.6. The van der Waals surface area contributed by atoms with Gasteiger partial charge in [-0.15, -0.1) is 0 Å². The molecule has 2 aliphatic rings. The third-order valence-corrected chi connectivity index (χ3v) is 4.97. The van der Waals surface area contributed by atoms with Crippen molar-refractivity contribution >= 4 is 5.71 Å². The van der Waals surface area contributed by atoms with Crippen LogP contribution in [0.15, 0.2) is 16.9 Å². The quantitative estimate of drug-likeness (QED) is 0.561. The Balaban J connectivity index is 1.99. The predicted molar refractivity (Wildman–Crippen MR) is 95.1 cm³/mol. The van der Waals surface area contributed by atoms with Gasteiger partial charge in [0.05, 0.1) is 18.9 Å². The van der Waals surface area contributed by atoms with E-state index in [1.807, 2.05) is 0 Å². The third kappa shape index (κ3) is 6.94. The first kappa shape index (κ1) is 18.3. The lowest BCUT2D eigenvalue weighted by Crippen LogP contribution is -2.38. The molecule has 1 aliphatic carbocycles. The monoisotopic (exact) mass is 322 g/mol. The molecule has 1 fully saturated rings. The van der Waals surface area contributed by atoms with Gasteiger partial charge in [-0.3, -0.25) is 0 Å². The van der Waals surface area contributed by atoms with E-state index in [4.69, 9.17) is 4.74 Å². The number of morpholine rings is 1. The first-order valence-corrected chi connectivity index (χ1v) is 9.66. The van der Waals surface area contributed by atoms with Crippen LogP contribution in [-0.2, 0) is 4.74 Å². The highest BCUT2D eigenvalue weighted by Gasteiger charge is 2.18. The minimum Gasteiger partial charge on any atom is -0.411 e. The van der Waals surface area contributed by atoms with Gasteiger partial charge in [0.1, 0.15) is 5.71 Å². The number of allylic oxidation sites excluding steroid dienone is 2. The first-order chi connectivity index (χ1) is 11.4. The maximum atomic E-state index is 9.53. The molecule has 1 aliphatic heterocycles. The molecule has 0 radical (unpaired) electrons. The number of rotatable bonds is 1. The highest BCUT2D eigenvalue weighted by Crippen LogP contribution is 2.19. The normalized spacial score (nSPS) is 25.5. The van der Waals surface area contributed by atoms with E-state index in [0.717, 1.165) is 57.0 Å². The fourth-order valence-electron chi connectivity index (χ4n) is 3.55.